The first-order valence-corrected chi connectivity index (χ1v) is 12.1. The number of hydrogen-bond acceptors (Lipinski definition) is 4. The van der Waals surface area contributed by atoms with E-state index in [0.29, 0.717) is 0 Å². The van der Waals surface area contributed by atoms with Crippen molar-refractivity contribution >= 4 is 5.82 Å². The Morgan fingerprint density at radius 2 is 1.69 bits per heavy atom. The van der Waals surface area contributed by atoms with Gasteiger partial charge in [0.05, 0.1) is 17.9 Å². The zero-order valence-electron chi connectivity index (χ0n) is 21.0. The molecule has 0 amide bonds. The van der Waals surface area contributed by atoms with Crippen molar-refractivity contribution in [2.24, 2.45) is 0 Å². The van der Waals surface area contributed by atoms with E-state index in [1.807, 2.05) is 36.4 Å². The number of hydrogen-bond donors (Lipinski definition) is 0. The van der Waals surface area contributed by atoms with E-state index in [2.05, 4.69) is 95.4 Å². The summed E-state index contributed by atoms with van der Waals surface area (Å²) in [6.45, 7) is 12.7. The normalized spacial score (nSPS) is 10.9. The summed E-state index contributed by atoms with van der Waals surface area (Å²) in [7, 11) is 0. The molecule has 35 heavy (non-hydrogen) atoms. The summed E-state index contributed by atoms with van der Waals surface area (Å²) in [5.74, 6) is 0.969. The third-order valence-corrected chi connectivity index (χ3v) is 5.54. The van der Waals surface area contributed by atoms with Crippen molar-refractivity contribution < 1.29 is 0 Å². The molecule has 0 aliphatic heterocycles. The van der Waals surface area contributed by atoms with E-state index >= 15 is 0 Å². The van der Waals surface area contributed by atoms with Gasteiger partial charge in [0.25, 0.3) is 0 Å². The summed E-state index contributed by atoms with van der Waals surface area (Å²) >= 11 is 0. The van der Waals surface area contributed by atoms with Crippen molar-refractivity contribution in [1.29, 1.82) is 0 Å². The maximum absolute atomic E-state index is 4.82. The zero-order chi connectivity index (χ0) is 24.9. The number of anilines is 1. The fraction of sp³-hybridized carbons (Fsp3) is 0.233. The monoisotopic (exact) mass is 465 g/mol. The number of rotatable bonds is 9. The lowest BCUT2D eigenvalue weighted by molar-refractivity contribution is 0.686. The predicted molar refractivity (Wildman–Crippen MR) is 147 cm³/mol. The van der Waals surface area contributed by atoms with Gasteiger partial charge in [-0.2, -0.15) is 5.10 Å². The van der Waals surface area contributed by atoms with E-state index in [-0.39, 0.29) is 0 Å². The molecule has 0 N–H and O–H groups in total. The second kappa shape index (κ2) is 13.7. The van der Waals surface area contributed by atoms with E-state index in [0.717, 1.165) is 48.8 Å². The van der Waals surface area contributed by atoms with Gasteiger partial charge in [-0.05, 0) is 38.0 Å². The van der Waals surface area contributed by atoms with Gasteiger partial charge in [0, 0.05) is 24.8 Å². The lowest BCUT2D eigenvalue weighted by atomic mass is 10.1. The molecule has 0 atom stereocenters. The third kappa shape index (κ3) is 7.51. The van der Waals surface area contributed by atoms with Crippen molar-refractivity contribution in [1.82, 2.24) is 19.7 Å². The average Bonchev–Trinajstić information content (AvgIpc) is 3.34. The summed E-state index contributed by atoms with van der Waals surface area (Å²) in [5, 5.41) is 4.82. The van der Waals surface area contributed by atoms with Gasteiger partial charge in [-0.25, -0.2) is 9.97 Å². The van der Waals surface area contributed by atoms with E-state index in [4.69, 9.17) is 5.10 Å². The first-order chi connectivity index (χ1) is 17.2. The molecule has 0 unspecified atom stereocenters. The highest BCUT2D eigenvalue weighted by atomic mass is 15.3. The van der Waals surface area contributed by atoms with Crippen LogP contribution in [0.4, 0.5) is 5.82 Å². The molecule has 0 saturated heterocycles. The van der Waals surface area contributed by atoms with Crippen LogP contribution in [0, 0.1) is 0 Å². The first kappa shape index (κ1) is 25.6. The molecular weight excluding hydrogens is 430 g/mol. The first-order valence-electron chi connectivity index (χ1n) is 12.1. The van der Waals surface area contributed by atoms with Gasteiger partial charge in [0.15, 0.2) is 0 Å². The Morgan fingerprint density at radius 1 is 1.00 bits per heavy atom. The standard InChI is InChI=1S/C20H20N2.C10H15N3/c1-3-16(2)15-22-20(18-12-8-5-9-13-18)14-19(21-22)17-10-6-4-7-11-17;1-3-7-13(8-4-2)10-5-6-11-9-12-10/h3-14H,15H2,1-2H3;3,5-6,9H,1,4,7-8H2,2H3/b16-3-;. The van der Waals surface area contributed by atoms with Crippen LogP contribution in [0.2, 0.25) is 0 Å². The van der Waals surface area contributed by atoms with Crippen LogP contribution in [-0.2, 0) is 6.54 Å². The Kier molecular flexibility index (Phi) is 10.00. The molecule has 2 heterocycles. The Balaban J connectivity index is 0.000000225. The maximum atomic E-state index is 4.82. The second-order valence-corrected chi connectivity index (χ2v) is 8.24. The molecular formula is C30H35N5. The second-order valence-electron chi connectivity index (χ2n) is 8.24. The molecule has 2 aromatic heterocycles. The van der Waals surface area contributed by atoms with Crippen molar-refractivity contribution in [3.05, 3.63) is 110 Å². The summed E-state index contributed by atoms with van der Waals surface area (Å²) in [5.41, 5.74) is 5.82. The average molecular weight is 466 g/mol. The minimum Gasteiger partial charge on any atom is -0.353 e. The molecule has 4 aromatic rings. The van der Waals surface area contributed by atoms with Crippen molar-refractivity contribution in [2.45, 2.75) is 33.7 Å². The highest BCUT2D eigenvalue weighted by Gasteiger charge is 2.11. The molecule has 0 bridgehead atoms. The van der Waals surface area contributed by atoms with Crippen LogP contribution < -0.4 is 4.90 Å². The van der Waals surface area contributed by atoms with E-state index in [1.54, 1.807) is 12.5 Å². The minimum atomic E-state index is 0.813. The molecule has 0 spiro atoms. The number of allylic oxidation sites excluding steroid dienone is 2. The fourth-order valence-electron chi connectivity index (χ4n) is 3.65. The van der Waals surface area contributed by atoms with Crippen LogP contribution in [0.3, 0.4) is 0 Å². The largest absolute Gasteiger partial charge is 0.353 e. The summed E-state index contributed by atoms with van der Waals surface area (Å²) in [4.78, 5) is 10.2. The Labute approximate surface area is 209 Å². The summed E-state index contributed by atoms with van der Waals surface area (Å²) in [6, 6.07) is 24.9. The van der Waals surface area contributed by atoms with E-state index in [9.17, 15) is 0 Å². The smallest absolute Gasteiger partial charge is 0.132 e. The number of nitrogens with zero attached hydrogens (tertiary/aromatic N) is 5. The molecule has 2 aromatic carbocycles. The van der Waals surface area contributed by atoms with Crippen molar-refractivity contribution in [3.8, 4) is 22.5 Å². The van der Waals surface area contributed by atoms with Gasteiger partial charge in [0.1, 0.15) is 12.1 Å². The maximum Gasteiger partial charge on any atom is 0.132 e. The summed E-state index contributed by atoms with van der Waals surface area (Å²) in [6.07, 6.45) is 8.46. The molecule has 0 aliphatic rings. The van der Waals surface area contributed by atoms with Crippen LogP contribution in [-0.4, -0.2) is 32.8 Å². The van der Waals surface area contributed by atoms with Gasteiger partial charge in [-0.1, -0.05) is 85.3 Å². The van der Waals surface area contributed by atoms with Crippen LogP contribution in [0.5, 0.6) is 0 Å². The predicted octanol–water partition coefficient (Wildman–Crippen LogP) is 7.06. The Morgan fingerprint density at radius 3 is 2.26 bits per heavy atom. The van der Waals surface area contributed by atoms with Crippen LogP contribution in [0.25, 0.3) is 22.5 Å². The molecule has 0 aliphatic carbocycles. The van der Waals surface area contributed by atoms with Gasteiger partial charge < -0.3 is 4.90 Å². The molecule has 0 radical (unpaired) electrons. The highest BCUT2D eigenvalue weighted by Crippen LogP contribution is 2.26. The number of aromatic nitrogens is 4. The Bertz CT molecular complexity index is 1180. The van der Waals surface area contributed by atoms with Crippen LogP contribution >= 0.6 is 0 Å². The van der Waals surface area contributed by atoms with Gasteiger partial charge in [-0.15, -0.1) is 6.58 Å². The molecule has 5 nitrogen and oxygen atoms in total. The van der Waals surface area contributed by atoms with E-state index < -0.39 is 0 Å². The molecule has 0 fully saturated rings. The molecule has 0 saturated carbocycles. The highest BCUT2D eigenvalue weighted by molar-refractivity contribution is 5.68. The van der Waals surface area contributed by atoms with Crippen molar-refractivity contribution in [3.63, 3.8) is 0 Å². The van der Waals surface area contributed by atoms with Crippen LogP contribution in [0.15, 0.2) is 110 Å². The minimum absolute atomic E-state index is 0.813. The third-order valence-electron chi connectivity index (χ3n) is 5.54. The topological polar surface area (TPSA) is 46.8 Å². The van der Waals surface area contributed by atoms with Gasteiger partial charge >= 0.3 is 0 Å². The van der Waals surface area contributed by atoms with Crippen molar-refractivity contribution in [2.75, 3.05) is 18.0 Å². The molecule has 4 rings (SSSR count). The quantitative estimate of drug-likeness (QED) is 0.248. The van der Waals surface area contributed by atoms with Gasteiger partial charge in [0.2, 0.25) is 0 Å². The number of benzene rings is 2. The van der Waals surface area contributed by atoms with Crippen LogP contribution in [0.1, 0.15) is 27.2 Å². The molecule has 180 valence electrons. The lowest BCUT2D eigenvalue weighted by Gasteiger charge is -2.20. The van der Waals surface area contributed by atoms with E-state index in [1.165, 1.54) is 11.1 Å². The lowest BCUT2D eigenvalue weighted by Crippen LogP contribution is -2.24. The fourth-order valence-corrected chi connectivity index (χ4v) is 3.65. The Hall–Kier alpha value is -3.99. The summed E-state index contributed by atoms with van der Waals surface area (Å²) < 4.78 is 2.09. The molecule has 5 heteroatoms. The van der Waals surface area contributed by atoms with Gasteiger partial charge in [-0.3, -0.25) is 4.68 Å². The SMILES string of the molecule is C/C=C(/C)Cn1nc(-c2ccccc2)cc1-c1ccccc1.C=CCN(CCC)c1ccncn1. The zero-order valence-corrected chi connectivity index (χ0v) is 21.0.